The van der Waals surface area contributed by atoms with Gasteiger partial charge in [-0.3, -0.25) is 4.98 Å². The molecule has 0 aliphatic rings. The predicted molar refractivity (Wildman–Crippen MR) is 60.3 cm³/mol. The minimum absolute atomic E-state index is 0.237. The third-order valence-electron chi connectivity index (χ3n) is 2.04. The van der Waals surface area contributed by atoms with E-state index in [1.54, 1.807) is 0 Å². The van der Waals surface area contributed by atoms with Crippen LogP contribution in [0.3, 0.4) is 0 Å². The molecule has 0 radical (unpaired) electrons. The van der Waals surface area contributed by atoms with Gasteiger partial charge in [0.2, 0.25) is 0 Å². The number of hydrogen-bond donors (Lipinski definition) is 2. The number of nitrogens with zero attached hydrogens (tertiary/aromatic N) is 1. The number of pyridine rings is 1. The van der Waals surface area contributed by atoms with Crippen molar-refractivity contribution in [3.05, 3.63) is 24.0 Å². The van der Waals surface area contributed by atoms with Crippen LogP contribution in [0.1, 0.15) is 26.0 Å². The first-order chi connectivity index (χ1) is 6.58. The Labute approximate surface area is 85.7 Å². The molecule has 1 rings (SSSR count). The van der Waals surface area contributed by atoms with Crippen LogP contribution in [0.15, 0.2) is 18.3 Å². The van der Waals surface area contributed by atoms with Crippen LogP contribution < -0.4 is 11.1 Å². The van der Waals surface area contributed by atoms with Crippen molar-refractivity contribution in [2.75, 3.05) is 5.32 Å². The van der Waals surface area contributed by atoms with Gasteiger partial charge < -0.3 is 11.1 Å². The van der Waals surface area contributed by atoms with Gasteiger partial charge in [0.05, 0.1) is 0 Å². The number of rotatable bonds is 4. The fourth-order valence-electron chi connectivity index (χ4n) is 1.54. The molecule has 0 aliphatic carbocycles. The first-order valence-corrected chi connectivity index (χ1v) is 5.02. The molecular formula is C11H19N3. The minimum Gasteiger partial charge on any atom is -0.382 e. The first kappa shape index (κ1) is 11.0. The summed E-state index contributed by atoms with van der Waals surface area (Å²) in [5.74, 6) is 0. The van der Waals surface area contributed by atoms with E-state index < -0.39 is 0 Å². The fraction of sp³-hybridized carbons (Fsp3) is 0.545. The summed E-state index contributed by atoms with van der Waals surface area (Å²) in [6.07, 6.45) is 2.79. The second-order valence-corrected chi connectivity index (χ2v) is 3.94. The Bertz CT molecular complexity index is 284. The summed E-state index contributed by atoms with van der Waals surface area (Å²) in [5, 5.41) is 3.39. The zero-order chi connectivity index (χ0) is 10.6. The molecule has 0 aliphatic heterocycles. The van der Waals surface area contributed by atoms with Gasteiger partial charge in [0, 0.05) is 29.7 Å². The highest BCUT2D eigenvalue weighted by molar-refractivity contribution is 5.43. The number of nitrogens with two attached hydrogens (primary N) is 1. The number of aryl methyl sites for hydroxylation is 1. The lowest BCUT2D eigenvalue weighted by Crippen LogP contribution is -2.26. The zero-order valence-corrected chi connectivity index (χ0v) is 9.12. The molecule has 1 aromatic heterocycles. The van der Waals surface area contributed by atoms with Crippen LogP contribution in [-0.2, 0) is 0 Å². The summed E-state index contributed by atoms with van der Waals surface area (Å²) in [4.78, 5) is 4.14. The summed E-state index contributed by atoms with van der Waals surface area (Å²) < 4.78 is 0. The molecule has 0 amide bonds. The Morgan fingerprint density at radius 2 is 2.21 bits per heavy atom. The molecule has 2 atom stereocenters. The summed E-state index contributed by atoms with van der Waals surface area (Å²) in [6.45, 7) is 6.15. The van der Waals surface area contributed by atoms with Gasteiger partial charge in [0.15, 0.2) is 0 Å². The zero-order valence-electron chi connectivity index (χ0n) is 9.12. The molecule has 2 unspecified atom stereocenters. The number of nitrogens with one attached hydrogen (secondary N) is 1. The van der Waals surface area contributed by atoms with Crippen LogP contribution in [0.25, 0.3) is 0 Å². The van der Waals surface area contributed by atoms with Crippen molar-refractivity contribution < 1.29 is 0 Å². The summed E-state index contributed by atoms with van der Waals surface area (Å²) >= 11 is 0. The van der Waals surface area contributed by atoms with Gasteiger partial charge in [0.1, 0.15) is 0 Å². The SMILES string of the molecule is Cc1cc(NC(C)CC(C)N)ccn1. The molecule has 0 bridgehead atoms. The molecule has 3 N–H and O–H groups in total. The monoisotopic (exact) mass is 193 g/mol. The van der Waals surface area contributed by atoms with Crippen molar-refractivity contribution in [3.63, 3.8) is 0 Å². The Morgan fingerprint density at radius 1 is 1.50 bits per heavy atom. The fourth-order valence-corrected chi connectivity index (χ4v) is 1.54. The highest BCUT2D eigenvalue weighted by atomic mass is 14.9. The van der Waals surface area contributed by atoms with Gasteiger partial charge in [-0.2, -0.15) is 0 Å². The molecule has 3 heteroatoms. The third-order valence-corrected chi connectivity index (χ3v) is 2.04. The van der Waals surface area contributed by atoms with E-state index in [1.165, 1.54) is 0 Å². The topological polar surface area (TPSA) is 50.9 Å². The highest BCUT2D eigenvalue weighted by Crippen LogP contribution is 2.10. The Balaban J connectivity index is 2.51. The molecule has 78 valence electrons. The van der Waals surface area contributed by atoms with Crippen LogP contribution in [0.2, 0.25) is 0 Å². The van der Waals surface area contributed by atoms with Crippen molar-refractivity contribution in [2.45, 2.75) is 39.3 Å². The van der Waals surface area contributed by atoms with Crippen LogP contribution in [0.5, 0.6) is 0 Å². The Hall–Kier alpha value is -1.09. The molecule has 0 saturated carbocycles. The van der Waals surface area contributed by atoms with E-state index in [2.05, 4.69) is 17.2 Å². The second-order valence-electron chi connectivity index (χ2n) is 3.94. The van der Waals surface area contributed by atoms with Crippen molar-refractivity contribution in [2.24, 2.45) is 5.73 Å². The third kappa shape index (κ3) is 3.75. The lowest BCUT2D eigenvalue weighted by molar-refractivity contribution is 0.605. The quantitative estimate of drug-likeness (QED) is 0.768. The van der Waals surface area contributed by atoms with Crippen LogP contribution in [0.4, 0.5) is 5.69 Å². The highest BCUT2D eigenvalue weighted by Gasteiger charge is 2.04. The van der Waals surface area contributed by atoms with Crippen molar-refractivity contribution in [3.8, 4) is 0 Å². The number of aromatic nitrogens is 1. The molecule has 0 aromatic carbocycles. The van der Waals surface area contributed by atoms with E-state index >= 15 is 0 Å². The van der Waals surface area contributed by atoms with Gasteiger partial charge in [-0.05, 0) is 39.3 Å². The molecule has 1 heterocycles. The summed E-state index contributed by atoms with van der Waals surface area (Å²) in [7, 11) is 0. The Kier molecular flexibility index (Phi) is 3.89. The molecule has 0 fully saturated rings. The van der Waals surface area contributed by atoms with Crippen LogP contribution >= 0.6 is 0 Å². The van der Waals surface area contributed by atoms with E-state index in [9.17, 15) is 0 Å². The molecule has 0 spiro atoms. The van der Waals surface area contributed by atoms with E-state index in [0.717, 1.165) is 17.8 Å². The van der Waals surface area contributed by atoms with Crippen molar-refractivity contribution >= 4 is 5.69 Å². The van der Waals surface area contributed by atoms with Gasteiger partial charge in [-0.1, -0.05) is 0 Å². The van der Waals surface area contributed by atoms with E-state index in [0.29, 0.717) is 6.04 Å². The molecular weight excluding hydrogens is 174 g/mol. The van der Waals surface area contributed by atoms with Gasteiger partial charge >= 0.3 is 0 Å². The van der Waals surface area contributed by atoms with Gasteiger partial charge in [-0.25, -0.2) is 0 Å². The maximum Gasteiger partial charge on any atom is 0.0393 e. The van der Waals surface area contributed by atoms with Gasteiger partial charge in [-0.15, -0.1) is 0 Å². The molecule has 3 nitrogen and oxygen atoms in total. The normalized spacial score (nSPS) is 14.9. The van der Waals surface area contributed by atoms with Gasteiger partial charge in [0.25, 0.3) is 0 Å². The second kappa shape index (κ2) is 4.96. The molecule has 0 saturated heterocycles. The summed E-state index contributed by atoms with van der Waals surface area (Å²) in [5.41, 5.74) is 7.87. The summed E-state index contributed by atoms with van der Waals surface area (Å²) in [6, 6.07) is 4.65. The standard InChI is InChI=1S/C11H19N3/c1-8(12)6-10(3)14-11-4-5-13-9(2)7-11/h4-5,7-8,10H,6,12H2,1-3H3,(H,13,14). The van der Waals surface area contributed by atoms with Crippen molar-refractivity contribution in [1.82, 2.24) is 4.98 Å². The van der Waals surface area contributed by atoms with E-state index in [-0.39, 0.29) is 6.04 Å². The van der Waals surface area contributed by atoms with Crippen LogP contribution in [0, 0.1) is 6.92 Å². The average molecular weight is 193 g/mol. The van der Waals surface area contributed by atoms with Crippen LogP contribution in [-0.4, -0.2) is 17.1 Å². The number of anilines is 1. The van der Waals surface area contributed by atoms with E-state index in [4.69, 9.17) is 5.73 Å². The molecule has 14 heavy (non-hydrogen) atoms. The minimum atomic E-state index is 0.237. The lowest BCUT2D eigenvalue weighted by atomic mass is 10.1. The first-order valence-electron chi connectivity index (χ1n) is 5.02. The number of hydrogen-bond acceptors (Lipinski definition) is 3. The average Bonchev–Trinajstić information content (AvgIpc) is 2.01. The largest absolute Gasteiger partial charge is 0.382 e. The van der Waals surface area contributed by atoms with E-state index in [1.807, 2.05) is 32.2 Å². The molecule has 1 aromatic rings. The predicted octanol–water partition coefficient (Wildman–Crippen LogP) is 1.93. The Morgan fingerprint density at radius 3 is 2.79 bits per heavy atom. The maximum atomic E-state index is 5.72. The lowest BCUT2D eigenvalue weighted by Gasteiger charge is -2.17. The smallest absolute Gasteiger partial charge is 0.0393 e. The van der Waals surface area contributed by atoms with Crippen molar-refractivity contribution in [1.29, 1.82) is 0 Å². The maximum absolute atomic E-state index is 5.72.